The van der Waals surface area contributed by atoms with Gasteiger partial charge >= 0.3 is 0 Å². The predicted molar refractivity (Wildman–Crippen MR) is 101 cm³/mol. The molecule has 0 amide bonds. The molecule has 0 saturated heterocycles. The van der Waals surface area contributed by atoms with Gasteiger partial charge in [-0.1, -0.05) is 0 Å². The van der Waals surface area contributed by atoms with Crippen LogP contribution in [0.1, 0.15) is 20.8 Å². The lowest BCUT2D eigenvalue weighted by Gasteiger charge is -2.23. The van der Waals surface area contributed by atoms with Gasteiger partial charge in [-0.15, -0.1) is 11.8 Å². The molecular weight excluding hydrogens is 342 g/mol. The molecule has 0 bridgehead atoms. The normalized spacial score (nSPS) is 11.5. The van der Waals surface area contributed by atoms with Crippen LogP contribution in [0.2, 0.25) is 0 Å². The molecule has 0 aliphatic heterocycles. The topological polar surface area (TPSA) is 46.6 Å². The number of nitrogens with zero attached hydrogens (tertiary/aromatic N) is 1. The van der Waals surface area contributed by atoms with Crippen molar-refractivity contribution in [2.75, 3.05) is 17.1 Å². The first-order chi connectivity index (χ1) is 11.4. The van der Waals surface area contributed by atoms with E-state index in [-0.39, 0.29) is 6.10 Å². The summed E-state index contributed by atoms with van der Waals surface area (Å²) in [6.45, 7) is 6.09. The Morgan fingerprint density at radius 3 is 2.08 bits per heavy atom. The lowest BCUT2D eigenvalue weighted by molar-refractivity contribution is 0.242. The molecule has 130 valence electrons. The van der Waals surface area contributed by atoms with Crippen molar-refractivity contribution in [3.8, 4) is 5.75 Å². The lowest BCUT2D eigenvalue weighted by Crippen LogP contribution is -2.30. The van der Waals surface area contributed by atoms with E-state index in [1.54, 1.807) is 48.2 Å². The van der Waals surface area contributed by atoms with E-state index < -0.39 is 10.0 Å². The van der Waals surface area contributed by atoms with Gasteiger partial charge in [-0.25, -0.2) is 8.42 Å². The van der Waals surface area contributed by atoms with Gasteiger partial charge in [-0.2, -0.15) is 0 Å². The standard InChI is InChI=1S/C18H23NO3S2/c1-5-19(15-6-8-16(9-7-15)22-14(2)3)24(20,21)18-12-10-17(23-4)11-13-18/h6-14H,5H2,1-4H3. The molecule has 24 heavy (non-hydrogen) atoms. The number of hydrogen-bond donors (Lipinski definition) is 0. The quantitative estimate of drug-likeness (QED) is 0.682. The van der Waals surface area contributed by atoms with Crippen LogP contribution >= 0.6 is 11.8 Å². The molecule has 0 aliphatic carbocycles. The second kappa shape index (κ2) is 7.94. The first kappa shape index (κ1) is 18.7. The van der Waals surface area contributed by atoms with Gasteiger partial charge in [-0.3, -0.25) is 4.31 Å². The average Bonchev–Trinajstić information content (AvgIpc) is 2.56. The second-order valence-corrected chi connectivity index (χ2v) is 8.25. The van der Waals surface area contributed by atoms with Crippen molar-refractivity contribution in [2.24, 2.45) is 0 Å². The van der Waals surface area contributed by atoms with Gasteiger partial charge in [0.25, 0.3) is 10.0 Å². The minimum Gasteiger partial charge on any atom is -0.491 e. The lowest BCUT2D eigenvalue weighted by atomic mass is 10.3. The second-order valence-electron chi connectivity index (χ2n) is 5.51. The summed E-state index contributed by atoms with van der Waals surface area (Å²) in [6.07, 6.45) is 2.04. The molecule has 0 N–H and O–H groups in total. The summed E-state index contributed by atoms with van der Waals surface area (Å²) in [5.74, 6) is 0.728. The molecule has 6 heteroatoms. The van der Waals surface area contributed by atoms with E-state index >= 15 is 0 Å². The Balaban J connectivity index is 2.31. The zero-order valence-electron chi connectivity index (χ0n) is 14.4. The van der Waals surface area contributed by atoms with E-state index in [9.17, 15) is 8.42 Å². The number of thioether (sulfide) groups is 1. The van der Waals surface area contributed by atoms with Gasteiger partial charge in [0.15, 0.2) is 0 Å². The molecule has 2 rings (SSSR count). The van der Waals surface area contributed by atoms with Crippen molar-refractivity contribution in [1.29, 1.82) is 0 Å². The molecule has 2 aromatic rings. The molecule has 2 aromatic carbocycles. The number of benzene rings is 2. The van der Waals surface area contributed by atoms with Crippen molar-refractivity contribution < 1.29 is 13.2 Å². The van der Waals surface area contributed by atoms with Crippen LogP contribution in [0.5, 0.6) is 5.75 Å². The van der Waals surface area contributed by atoms with E-state index in [1.165, 1.54) is 4.31 Å². The van der Waals surface area contributed by atoms with E-state index in [4.69, 9.17) is 4.74 Å². The smallest absolute Gasteiger partial charge is 0.264 e. The average molecular weight is 366 g/mol. The highest BCUT2D eigenvalue weighted by Gasteiger charge is 2.23. The van der Waals surface area contributed by atoms with Crippen molar-refractivity contribution in [3.05, 3.63) is 48.5 Å². The first-order valence-corrected chi connectivity index (χ1v) is 10.5. The summed E-state index contributed by atoms with van der Waals surface area (Å²) in [5.41, 5.74) is 0.627. The van der Waals surface area contributed by atoms with Crippen LogP contribution in [0.3, 0.4) is 0 Å². The molecule has 0 heterocycles. The molecule has 0 aromatic heterocycles. The number of rotatable bonds is 7. The van der Waals surface area contributed by atoms with Crippen LogP contribution in [0.15, 0.2) is 58.3 Å². The summed E-state index contributed by atoms with van der Waals surface area (Å²) in [6, 6.07) is 14.1. The maximum Gasteiger partial charge on any atom is 0.264 e. The Bertz CT molecular complexity index is 754. The summed E-state index contributed by atoms with van der Waals surface area (Å²) in [5, 5.41) is 0. The number of hydrogen-bond acceptors (Lipinski definition) is 4. The summed E-state index contributed by atoms with van der Waals surface area (Å²) in [4.78, 5) is 1.33. The number of ether oxygens (including phenoxy) is 1. The first-order valence-electron chi connectivity index (χ1n) is 7.82. The molecule has 0 saturated carbocycles. The third kappa shape index (κ3) is 4.24. The largest absolute Gasteiger partial charge is 0.491 e. The highest BCUT2D eigenvalue weighted by molar-refractivity contribution is 7.98. The molecule has 0 atom stereocenters. The van der Waals surface area contributed by atoms with E-state index in [1.807, 2.05) is 39.2 Å². The Kier molecular flexibility index (Phi) is 6.18. The van der Waals surface area contributed by atoms with Gasteiger partial charge < -0.3 is 4.74 Å². The van der Waals surface area contributed by atoms with Gasteiger partial charge in [0.2, 0.25) is 0 Å². The summed E-state index contributed by atoms with van der Waals surface area (Å²) < 4.78 is 32.8. The van der Waals surface area contributed by atoms with Crippen molar-refractivity contribution >= 4 is 27.5 Å². The van der Waals surface area contributed by atoms with Crippen LogP contribution in [0.4, 0.5) is 5.69 Å². The predicted octanol–water partition coefficient (Wildman–Crippen LogP) is 4.41. The van der Waals surface area contributed by atoms with Crippen LogP contribution in [-0.4, -0.2) is 27.3 Å². The molecule has 0 aliphatic rings. The molecule has 4 nitrogen and oxygen atoms in total. The Labute approximate surface area is 148 Å². The van der Waals surface area contributed by atoms with Crippen molar-refractivity contribution in [1.82, 2.24) is 0 Å². The molecule has 0 spiro atoms. The van der Waals surface area contributed by atoms with Crippen LogP contribution < -0.4 is 9.04 Å². The molecule has 0 radical (unpaired) electrons. The fraction of sp³-hybridized carbons (Fsp3) is 0.333. The maximum atomic E-state index is 12.9. The fourth-order valence-electron chi connectivity index (χ4n) is 2.33. The van der Waals surface area contributed by atoms with Gasteiger partial charge in [0, 0.05) is 11.4 Å². The van der Waals surface area contributed by atoms with Gasteiger partial charge in [0.05, 0.1) is 16.7 Å². The summed E-state index contributed by atoms with van der Waals surface area (Å²) in [7, 11) is -3.58. The van der Waals surface area contributed by atoms with E-state index in [0.717, 1.165) is 10.6 Å². The zero-order chi connectivity index (χ0) is 17.7. The van der Waals surface area contributed by atoms with Crippen LogP contribution in [0.25, 0.3) is 0 Å². The van der Waals surface area contributed by atoms with Crippen LogP contribution in [-0.2, 0) is 10.0 Å². The summed E-state index contributed by atoms with van der Waals surface area (Å²) >= 11 is 1.58. The Morgan fingerprint density at radius 1 is 1.04 bits per heavy atom. The zero-order valence-corrected chi connectivity index (χ0v) is 16.0. The minimum absolute atomic E-state index is 0.0804. The van der Waals surface area contributed by atoms with E-state index in [0.29, 0.717) is 17.1 Å². The van der Waals surface area contributed by atoms with Gasteiger partial charge in [-0.05, 0) is 75.6 Å². The highest BCUT2D eigenvalue weighted by Crippen LogP contribution is 2.27. The third-order valence-corrected chi connectivity index (χ3v) is 6.09. The van der Waals surface area contributed by atoms with E-state index in [2.05, 4.69) is 0 Å². The molecule has 0 unspecified atom stereocenters. The Morgan fingerprint density at radius 2 is 1.62 bits per heavy atom. The third-order valence-electron chi connectivity index (χ3n) is 3.43. The maximum absolute atomic E-state index is 12.9. The number of sulfonamides is 1. The number of anilines is 1. The van der Waals surface area contributed by atoms with Crippen LogP contribution in [0, 0.1) is 0 Å². The Hall–Kier alpha value is -1.66. The SMILES string of the molecule is CCN(c1ccc(OC(C)C)cc1)S(=O)(=O)c1ccc(SC)cc1. The molecular formula is C18H23NO3S2. The highest BCUT2D eigenvalue weighted by atomic mass is 32.2. The van der Waals surface area contributed by atoms with Crippen molar-refractivity contribution in [2.45, 2.75) is 36.7 Å². The molecule has 0 fully saturated rings. The fourth-order valence-corrected chi connectivity index (χ4v) is 4.21. The minimum atomic E-state index is -3.58. The van der Waals surface area contributed by atoms with Crippen molar-refractivity contribution in [3.63, 3.8) is 0 Å². The monoisotopic (exact) mass is 365 g/mol. The van der Waals surface area contributed by atoms with Gasteiger partial charge in [0.1, 0.15) is 5.75 Å².